The molecular formula is C14H17F3O2. The Morgan fingerprint density at radius 1 is 1.21 bits per heavy atom. The first-order valence-electron chi connectivity index (χ1n) is 6.15. The van der Waals surface area contributed by atoms with Crippen molar-refractivity contribution in [3.05, 3.63) is 29.8 Å². The minimum absolute atomic E-state index is 0.0301. The Kier molecular flexibility index (Phi) is 5.39. The first-order chi connectivity index (χ1) is 8.78. The number of benzene rings is 1. The number of Topliss-reactive ketones (excluding diaryl/α,β-unsaturated/α-hetero) is 1. The molecule has 0 unspecified atom stereocenters. The van der Waals surface area contributed by atoms with Crippen molar-refractivity contribution in [1.29, 1.82) is 0 Å². The van der Waals surface area contributed by atoms with Gasteiger partial charge in [0.25, 0.3) is 0 Å². The number of aryl methyl sites for hydroxylation is 1. The van der Waals surface area contributed by atoms with E-state index in [1.54, 1.807) is 12.1 Å². The van der Waals surface area contributed by atoms with Gasteiger partial charge in [-0.25, -0.2) is 0 Å². The molecule has 0 aromatic heterocycles. The normalized spacial score (nSPS) is 11.7. The van der Waals surface area contributed by atoms with Gasteiger partial charge in [0.2, 0.25) is 0 Å². The Hall–Kier alpha value is -1.52. The van der Waals surface area contributed by atoms with E-state index in [1.165, 1.54) is 12.1 Å². The second kappa shape index (κ2) is 6.59. The van der Waals surface area contributed by atoms with E-state index in [9.17, 15) is 18.0 Å². The molecule has 0 aliphatic carbocycles. The molecule has 0 saturated heterocycles. The number of halogens is 3. The van der Waals surface area contributed by atoms with Gasteiger partial charge in [-0.1, -0.05) is 26.0 Å². The maximum atomic E-state index is 11.9. The lowest BCUT2D eigenvalue weighted by atomic mass is 10.0. The van der Waals surface area contributed by atoms with Gasteiger partial charge in [0.15, 0.2) is 0 Å². The third-order valence-corrected chi connectivity index (χ3v) is 2.69. The number of alkyl halides is 3. The highest BCUT2D eigenvalue weighted by Crippen LogP contribution is 2.23. The zero-order valence-corrected chi connectivity index (χ0v) is 11.0. The summed E-state index contributed by atoms with van der Waals surface area (Å²) in [4.78, 5) is 11.4. The van der Waals surface area contributed by atoms with Gasteiger partial charge in [-0.2, -0.15) is 0 Å². The summed E-state index contributed by atoms with van der Waals surface area (Å²) in [5.41, 5.74) is 0.895. The van der Waals surface area contributed by atoms with Crippen molar-refractivity contribution < 1.29 is 22.7 Å². The predicted octanol–water partition coefficient (Wildman–Crippen LogP) is 4.13. The summed E-state index contributed by atoms with van der Waals surface area (Å²) in [6.45, 7) is 3.71. The summed E-state index contributed by atoms with van der Waals surface area (Å²) < 4.78 is 39.6. The molecule has 0 N–H and O–H groups in total. The molecule has 0 fully saturated rings. The number of ketones is 1. The van der Waals surface area contributed by atoms with Gasteiger partial charge in [-0.05, 0) is 30.5 Å². The van der Waals surface area contributed by atoms with Crippen molar-refractivity contribution in [2.45, 2.75) is 39.5 Å². The highest BCUT2D eigenvalue weighted by Gasteiger charge is 2.30. The van der Waals surface area contributed by atoms with Crippen LogP contribution in [0.2, 0.25) is 0 Å². The molecule has 1 rings (SSSR count). The molecule has 0 saturated carbocycles. The molecule has 5 heteroatoms. The quantitative estimate of drug-likeness (QED) is 0.779. The van der Waals surface area contributed by atoms with E-state index in [-0.39, 0.29) is 17.5 Å². The van der Waals surface area contributed by atoms with Gasteiger partial charge in [-0.15, -0.1) is 13.2 Å². The minimum atomic E-state index is -4.66. The van der Waals surface area contributed by atoms with Crippen LogP contribution in [-0.2, 0) is 11.2 Å². The summed E-state index contributed by atoms with van der Waals surface area (Å²) in [6.07, 6.45) is -2.79. The third kappa shape index (κ3) is 6.27. The molecule has 1 aromatic rings. The van der Waals surface area contributed by atoms with Gasteiger partial charge in [0.05, 0.1) is 0 Å². The van der Waals surface area contributed by atoms with E-state index >= 15 is 0 Å². The zero-order chi connectivity index (χ0) is 14.5. The maximum absolute atomic E-state index is 11.9. The second-order valence-corrected chi connectivity index (χ2v) is 4.67. The number of ether oxygens (including phenoxy) is 1. The molecule has 0 aliphatic rings. The van der Waals surface area contributed by atoms with Crippen LogP contribution >= 0.6 is 0 Å². The molecule has 0 amide bonds. The van der Waals surface area contributed by atoms with Crippen LogP contribution in [0.1, 0.15) is 32.3 Å². The monoisotopic (exact) mass is 274 g/mol. The van der Waals surface area contributed by atoms with Gasteiger partial charge < -0.3 is 4.74 Å². The average Bonchev–Trinajstić information content (AvgIpc) is 2.29. The highest BCUT2D eigenvalue weighted by molar-refractivity contribution is 5.80. The Balaban J connectivity index is 2.42. The summed E-state index contributed by atoms with van der Waals surface area (Å²) in [6, 6.07) is 5.74. The summed E-state index contributed by atoms with van der Waals surface area (Å²) in [5, 5.41) is 0. The summed E-state index contributed by atoms with van der Waals surface area (Å²) in [7, 11) is 0. The van der Waals surface area contributed by atoms with Crippen LogP contribution in [0.5, 0.6) is 5.75 Å². The topological polar surface area (TPSA) is 26.3 Å². The maximum Gasteiger partial charge on any atom is 0.573 e. The highest BCUT2D eigenvalue weighted by atomic mass is 19.4. The minimum Gasteiger partial charge on any atom is -0.406 e. The zero-order valence-electron chi connectivity index (χ0n) is 11.0. The second-order valence-electron chi connectivity index (χ2n) is 4.67. The van der Waals surface area contributed by atoms with Crippen LogP contribution in [0, 0.1) is 5.92 Å². The fraction of sp³-hybridized carbons (Fsp3) is 0.500. The number of carbonyl (C=O) groups excluding carboxylic acids is 1. The van der Waals surface area contributed by atoms with Gasteiger partial charge in [0, 0.05) is 12.3 Å². The number of rotatable bonds is 6. The van der Waals surface area contributed by atoms with Crippen molar-refractivity contribution in [2.24, 2.45) is 5.92 Å². The van der Waals surface area contributed by atoms with Crippen molar-refractivity contribution in [3.8, 4) is 5.75 Å². The van der Waals surface area contributed by atoms with Crippen LogP contribution in [-0.4, -0.2) is 12.1 Å². The third-order valence-electron chi connectivity index (χ3n) is 2.69. The van der Waals surface area contributed by atoms with E-state index in [1.807, 2.05) is 13.8 Å². The molecule has 106 valence electrons. The van der Waals surface area contributed by atoms with Crippen molar-refractivity contribution in [1.82, 2.24) is 0 Å². The Morgan fingerprint density at radius 2 is 1.79 bits per heavy atom. The van der Waals surface area contributed by atoms with Crippen LogP contribution in [0.25, 0.3) is 0 Å². The van der Waals surface area contributed by atoms with Crippen LogP contribution in [0.3, 0.4) is 0 Å². The van der Waals surface area contributed by atoms with Crippen LogP contribution in [0.15, 0.2) is 24.3 Å². The Bertz CT molecular complexity index is 408. The molecule has 1 aromatic carbocycles. The first kappa shape index (κ1) is 15.5. The Morgan fingerprint density at radius 3 is 2.26 bits per heavy atom. The van der Waals surface area contributed by atoms with E-state index in [4.69, 9.17) is 0 Å². The molecule has 19 heavy (non-hydrogen) atoms. The van der Waals surface area contributed by atoms with Gasteiger partial charge >= 0.3 is 6.36 Å². The molecule has 0 spiro atoms. The molecule has 0 aliphatic heterocycles. The van der Waals surface area contributed by atoms with Crippen molar-refractivity contribution in [2.75, 3.05) is 0 Å². The van der Waals surface area contributed by atoms with E-state index in [0.29, 0.717) is 19.3 Å². The fourth-order valence-corrected chi connectivity index (χ4v) is 1.61. The van der Waals surface area contributed by atoms with E-state index in [0.717, 1.165) is 5.56 Å². The number of carbonyl (C=O) groups is 1. The summed E-state index contributed by atoms with van der Waals surface area (Å²) >= 11 is 0. The molecule has 0 bridgehead atoms. The lowest BCUT2D eigenvalue weighted by Gasteiger charge is -2.09. The average molecular weight is 274 g/mol. The largest absolute Gasteiger partial charge is 0.573 e. The van der Waals surface area contributed by atoms with Crippen molar-refractivity contribution in [3.63, 3.8) is 0 Å². The van der Waals surface area contributed by atoms with Gasteiger partial charge in [-0.3, -0.25) is 4.79 Å². The first-order valence-corrected chi connectivity index (χ1v) is 6.15. The molecular weight excluding hydrogens is 257 g/mol. The SMILES string of the molecule is CC(C)C(=O)CCCc1ccc(OC(F)(F)F)cc1. The van der Waals surface area contributed by atoms with Crippen LogP contribution in [0.4, 0.5) is 13.2 Å². The standard InChI is InChI=1S/C14H17F3O2/c1-10(2)13(18)5-3-4-11-6-8-12(9-7-11)19-14(15,16)17/h6-10H,3-5H2,1-2H3. The molecule has 2 nitrogen and oxygen atoms in total. The number of hydrogen-bond acceptors (Lipinski definition) is 2. The van der Waals surface area contributed by atoms with Crippen molar-refractivity contribution >= 4 is 5.78 Å². The van der Waals surface area contributed by atoms with Gasteiger partial charge in [0.1, 0.15) is 11.5 Å². The molecule has 0 atom stereocenters. The lowest BCUT2D eigenvalue weighted by Crippen LogP contribution is -2.17. The molecule has 0 radical (unpaired) electrons. The Labute approximate surface area is 110 Å². The van der Waals surface area contributed by atoms with E-state index in [2.05, 4.69) is 4.74 Å². The molecule has 0 heterocycles. The lowest BCUT2D eigenvalue weighted by molar-refractivity contribution is -0.274. The fourth-order valence-electron chi connectivity index (χ4n) is 1.61. The smallest absolute Gasteiger partial charge is 0.406 e. The number of hydrogen-bond donors (Lipinski definition) is 0. The summed E-state index contributed by atoms with van der Waals surface area (Å²) in [5.74, 6) is 0.00842. The van der Waals surface area contributed by atoms with E-state index < -0.39 is 6.36 Å². The van der Waals surface area contributed by atoms with Crippen LogP contribution < -0.4 is 4.74 Å². The predicted molar refractivity (Wildman–Crippen MR) is 65.9 cm³/mol.